The van der Waals surface area contributed by atoms with E-state index in [1.807, 2.05) is 0 Å². The Hall–Kier alpha value is -2.58. The third-order valence-electron chi connectivity index (χ3n) is 3.06. The van der Waals surface area contributed by atoms with Gasteiger partial charge in [0.1, 0.15) is 4.88 Å². The molecule has 23 heavy (non-hydrogen) atoms. The molecule has 0 fully saturated rings. The second-order valence-electron chi connectivity index (χ2n) is 4.58. The molecular weight excluding hydrogens is 334 g/mol. The highest BCUT2D eigenvalue weighted by Crippen LogP contribution is 2.22. The van der Waals surface area contributed by atoms with Crippen LogP contribution in [0, 0.1) is 0 Å². The van der Waals surface area contributed by atoms with Crippen molar-refractivity contribution in [3.63, 3.8) is 0 Å². The Bertz CT molecular complexity index is 906. The van der Waals surface area contributed by atoms with Crippen LogP contribution in [0.2, 0.25) is 0 Å². The van der Waals surface area contributed by atoms with Gasteiger partial charge in [-0.15, -0.1) is 5.10 Å². The molecule has 6 nitrogen and oxygen atoms in total. The van der Waals surface area contributed by atoms with Crippen molar-refractivity contribution in [1.82, 2.24) is 9.59 Å². The van der Waals surface area contributed by atoms with Gasteiger partial charge in [-0.3, -0.25) is 4.79 Å². The van der Waals surface area contributed by atoms with Crippen molar-refractivity contribution in [3.8, 4) is 0 Å². The van der Waals surface area contributed by atoms with E-state index in [-0.39, 0.29) is 15.7 Å². The molecule has 8 heteroatoms. The molecular formula is C15H11N3O3S2. The summed E-state index contributed by atoms with van der Waals surface area (Å²) in [7, 11) is -3.56. The summed E-state index contributed by atoms with van der Waals surface area (Å²) in [5.41, 5.74) is 0.496. The molecule has 0 aliphatic carbocycles. The van der Waals surface area contributed by atoms with Gasteiger partial charge in [-0.2, -0.15) is 0 Å². The van der Waals surface area contributed by atoms with E-state index in [1.165, 1.54) is 18.3 Å². The summed E-state index contributed by atoms with van der Waals surface area (Å²) in [6.45, 7) is 0. The first kappa shape index (κ1) is 15.3. The molecule has 0 bridgehead atoms. The zero-order valence-electron chi connectivity index (χ0n) is 11.7. The number of nitrogens with zero attached hydrogens (tertiary/aromatic N) is 2. The number of amides is 1. The summed E-state index contributed by atoms with van der Waals surface area (Å²) in [5, 5.41) is 6.25. The standard InChI is InChI=1S/C15H11N3O3S2/c19-15(14-10-16-18-22-14)17-11-6-8-13(9-7-11)23(20,21)12-4-2-1-3-5-12/h1-10H,(H,17,19). The Balaban J connectivity index is 1.81. The topological polar surface area (TPSA) is 89.0 Å². The van der Waals surface area contributed by atoms with E-state index in [0.717, 1.165) is 11.5 Å². The van der Waals surface area contributed by atoms with Crippen LogP contribution in [-0.2, 0) is 9.84 Å². The van der Waals surface area contributed by atoms with Crippen LogP contribution in [0.15, 0.2) is 70.6 Å². The number of sulfone groups is 1. The highest BCUT2D eigenvalue weighted by atomic mass is 32.2. The van der Waals surface area contributed by atoms with Crippen LogP contribution in [0.25, 0.3) is 0 Å². The molecule has 1 aromatic heterocycles. The SMILES string of the molecule is O=C(Nc1ccc(S(=O)(=O)c2ccccc2)cc1)c1cnns1. The van der Waals surface area contributed by atoms with Crippen molar-refractivity contribution in [2.45, 2.75) is 9.79 Å². The summed E-state index contributed by atoms with van der Waals surface area (Å²) in [5.74, 6) is -0.335. The molecule has 0 saturated heterocycles. The smallest absolute Gasteiger partial charge is 0.269 e. The zero-order valence-corrected chi connectivity index (χ0v) is 13.3. The summed E-state index contributed by atoms with van der Waals surface area (Å²) in [4.78, 5) is 12.7. The number of hydrogen-bond donors (Lipinski definition) is 1. The van der Waals surface area contributed by atoms with Crippen LogP contribution in [0.3, 0.4) is 0 Å². The molecule has 116 valence electrons. The van der Waals surface area contributed by atoms with E-state index in [0.29, 0.717) is 10.6 Å². The molecule has 1 amide bonds. The third kappa shape index (κ3) is 3.27. The first-order valence-corrected chi connectivity index (χ1v) is 8.82. The maximum Gasteiger partial charge on any atom is 0.269 e. The highest BCUT2D eigenvalue weighted by Gasteiger charge is 2.17. The molecule has 0 radical (unpaired) electrons. The molecule has 0 aliphatic heterocycles. The molecule has 2 aromatic carbocycles. The van der Waals surface area contributed by atoms with Crippen LogP contribution in [0.5, 0.6) is 0 Å². The lowest BCUT2D eigenvalue weighted by atomic mass is 10.3. The van der Waals surface area contributed by atoms with Gasteiger partial charge in [0, 0.05) is 5.69 Å². The van der Waals surface area contributed by atoms with Gasteiger partial charge in [-0.1, -0.05) is 22.7 Å². The molecule has 1 N–H and O–H groups in total. The Morgan fingerprint density at radius 2 is 1.61 bits per heavy atom. The van der Waals surface area contributed by atoms with Crippen molar-refractivity contribution in [2.24, 2.45) is 0 Å². The number of nitrogens with one attached hydrogen (secondary N) is 1. The lowest BCUT2D eigenvalue weighted by Crippen LogP contribution is -2.10. The second-order valence-corrected chi connectivity index (χ2v) is 7.31. The molecule has 1 heterocycles. The fourth-order valence-electron chi connectivity index (χ4n) is 1.91. The van der Waals surface area contributed by atoms with Gasteiger partial charge >= 0.3 is 0 Å². The number of carbonyl (C=O) groups excluding carboxylic acids is 1. The van der Waals surface area contributed by atoms with Gasteiger partial charge in [0.2, 0.25) is 9.84 Å². The third-order valence-corrected chi connectivity index (χ3v) is 5.51. The van der Waals surface area contributed by atoms with Gasteiger partial charge in [0.15, 0.2) is 0 Å². The van der Waals surface area contributed by atoms with E-state index >= 15 is 0 Å². The van der Waals surface area contributed by atoms with Crippen LogP contribution < -0.4 is 5.32 Å². The van der Waals surface area contributed by atoms with Crippen LogP contribution in [0.1, 0.15) is 9.67 Å². The number of aromatic nitrogens is 2. The van der Waals surface area contributed by atoms with E-state index in [2.05, 4.69) is 14.9 Å². The van der Waals surface area contributed by atoms with Crippen molar-refractivity contribution >= 4 is 33.0 Å². The van der Waals surface area contributed by atoms with Crippen LogP contribution in [0.4, 0.5) is 5.69 Å². The molecule has 0 spiro atoms. The van der Waals surface area contributed by atoms with Crippen molar-refractivity contribution in [2.75, 3.05) is 5.32 Å². The van der Waals surface area contributed by atoms with Crippen molar-refractivity contribution < 1.29 is 13.2 Å². The molecule has 0 atom stereocenters. The fourth-order valence-corrected chi connectivity index (χ4v) is 3.61. The number of carbonyl (C=O) groups is 1. The Labute approximate surface area is 136 Å². The summed E-state index contributed by atoms with van der Waals surface area (Å²) < 4.78 is 28.5. The Morgan fingerprint density at radius 1 is 0.957 bits per heavy atom. The summed E-state index contributed by atoms with van der Waals surface area (Å²) in [6.07, 6.45) is 1.37. The minimum atomic E-state index is -3.56. The molecule has 3 rings (SSSR count). The minimum Gasteiger partial charge on any atom is -0.321 e. The molecule has 0 unspecified atom stereocenters. The normalized spacial score (nSPS) is 11.1. The average molecular weight is 345 g/mol. The number of rotatable bonds is 4. The Morgan fingerprint density at radius 3 is 2.22 bits per heavy atom. The fraction of sp³-hybridized carbons (Fsp3) is 0. The van der Waals surface area contributed by atoms with Gasteiger partial charge in [-0.05, 0) is 47.9 Å². The largest absolute Gasteiger partial charge is 0.321 e. The first-order chi connectivity index (χ1) is 11.1. The maximum atomic E-state index is 12.5. The minimum absolute atomic E-state index is 0.168. The van der Waals surface area contributed by atoms with Gasteiger partial charge in [-0.25, -0.2) is 8.42 Å². The zero-order chi connectivity index (χ0) is 16.3. The quantitative estimate of drug-likeness (QED) is 0.785. The number of hydrogen-bond acceptors (Lipinski definition) is 6. The van der Waals surface area contributed by atoms with E-state index in [4.69, 9.17) is 0 Å². The number of benzene rings is 2. The van der Waals surface area contributed by atoms with Gasteiger partial charge in [0.25, 0.3) is 5.91 Å². The average Bonchev–Trinajstić information content (AvgIpc) is 3.11. The predicted octanol–water partition coefficient (Wildman–Crippen LogP) is 2.62. The highest BCUT2D eigenvalue weighted by molar-refractivity contribution is 7.91. The van der Waals surface area contributed by atoms with E-state index in [1.54, 1.807) is 42.5 Å². The Kier molecular flexibility index (Phi) is 4.18. The van der Waals surface area contributed by atoms with Crippen LogP contribution in [-0.4, -0.2) is 23.9 Å². The first-order valence-electron chi connectivity index (χ1n) is 6.56. The van der Waals surface area contributed by atoms with Gasteiger partial charge < -0.3 is 5.32 Å². The number of anilines is 1. The molecule has 0 aliphatic rings. The molecule has 0 saturated carbocycles. The maximum absolute atomic E-state index is 12.5. The lowest BCUT2D eigenvalue weighted by Gasteiger charge is -2.07. The summed E-state index contributed by atoms with van der Waals surface area (Å²) >= 11 is 0.986. The van der Waals surface area contributed by atoms with E-state index < -0.39 is 9.84 Å². The van der Waals surface area contributed by atoms with Crippen LogP contribution >= 0.6 is 11.5 Å². The molecule has 3 aromatic rings. The lowest BCUT2D eigenvalue weighted by molar-refractivity contribution is 0.103. The van der Waals surface area contributed by atoms with Crippen molar-refractivity contribution in [3.05, 3.63) is 65.7 Å². The van der Waals surface area contributed by atoms with Gasteiger partial charge in [0.05, 0.1) is 16.0 Å². The predicted molar refractivity (Wildman–Crippen MR) is 86.2 cm³/mol. The van der Waals surface area contributed by atoms with E-state index in [9.17, 15) is 13.2 Å². The summed E-state index contributed by atoms with van der Waals surface area (Å²) in [6, 6.07) is 14.2. The monoisotopic (exact) mass is 345 g/mol. The van der Waals surface area contributed by atoms with Crippen molar-refractivity contribution in [1.29, 1.82) is 0 Å². The second kappa shape index (κ2) is 6.27.